The van der Waals surface area contributed by atoms with Crippen LogP contribution in [0.25, 0.3) is 0 Å². The van der Waals surface area contributed by atoms with Crippen molar-refractivity contribution >= 4 is 0 Å². The van der Waals surface area contributed by atoms with Crippen LogP contribution in [0.2, 0.25) is 0 Å². The van der Waals surface area contributed by atoms with Crippen LogP contribution in [-0.2, 0) is 0 Å². The summed E-state index contributed by atoms with van der Waals surface area (Å²) in [6.07, 6.45) is 6.64. The third-order valence-corrected chi connectivity index (χ3v) is 5.92. The first-order valence-corrected chi connectivity index (χ1v) is 7.84. The Balaban J connectivity index is 2.05. The summed E-state index contributed by atoms with van der Waals surface area (Å²) in [5.41, 5.74) is 7.05. The summed E-state index contributed by atoms with van der Waals surface area (Å²) in [5, 5.41) is 0. The largest absolute Gasteiger partial charge is 0.329 e. The number of piperidine rings is 1. The Bertz CT molecular complexity index is 275. The predicted molar refractivity (Wildman–Crippen MR) is 78.6 cm³/mol. The molecule has 1 heterocycles. The number of hydrogen-bond acceptors (Lipinski definition) is 2. The minimum atomic E-state index is 0.323. The molecule has 2 N–H and O–H groups in total. The van der Waals surface area contributed by atoms with Gasteiger partial charge < -0.3 is 5.73 Å². The van der Waals surface area contributed by atoms with Crippen molar-refractivity contribution in [3.8, 4) is 0 Å². The quantitative estimate of drug-likeness (QED) is 0.817. The van der Waals surface area contributed by atoms with Crippen molar-refractivity contribution in [1.82, 2.24) is 4.90 Å². The molecule has 1 saturated heterocycles. The molecule has 18 heavy (non-hydrogen) atoms. The van der Waals surface area contributed by atoms with Gasteiger partial charge in [0.15, 0.2) is 0 Å². The molecule has 0 bridgehead atoms. The van der Waals surface area contributed by atoms with Gasteiger partial charge in [-0.15, -0.1) is 0 Å². The van der Waals surface area contributed by atoms with Gasteiger partial charge in [-0.05, 0) is 55.9 Å². The molecule has 0 amide bonds. The molecule has 0 aromatic rings. The predicted octanol–water partition coefficient (Wildman–Crippen LogP) is 3.26. The van der Waals surface area contributed by atoms with E-state index in [0.29, 0.717) is 11.0 Å². The maximum absolute atomic E-state index is 6.20. The normalized spacial score (nSPS) is 36.5. The van der Waals surface area contributed by atoms with Crippen LogP contribution in [0.3, 0.4) is 0 Å². The smallest absolute Gasteiger partial charge is 0.0332 e. The maximum atomic E-state index is 6.20. The van der Waals surface area contributed by atoms with Gasteiger partial charge in [-0.1, -0.05) is 27.7 Å². The Hall–Kier alpha value is -0.0800. The van der Waals surface area contributed by atoms with Gasteiger partial charge in [0, 0.05) is 18.6 Å². The molecule has 1 aliphatic heterocycles. The van der Waals surface area contributed by atoms with E-state index in [9.17, 15) is 0 Å². The minimum absolute atomic E-state index is 0.323. The standard InChI is InChI=1S/C16H32N2/c1-13-5-10-18(11-14(13)2)16(12-17)8-6-15(3,4)7-9-16/h13-14H,5-12,17H2,1-4H3. The van der Waals surface area contributed by atoms with Crippen molar-refractivity contribution in [3.63, 3.8) is 0 Å². The first-order chi connectivity index (χ1) is 8.38. The number of hydrogen-bond donors (Lipinski definition) is 1. The second-order valence-corrected chi connectivity index (χ2v) is 7.78. The Kier molecular flexibility index (Phi) is 4.08. The highest BCUT2D eigenvalue weighted by Gasteiger charge is 2.43. The van der Waals surface area contributed by atoms with Gasteiger partial charge in [-0.2, -0.15) is 0 Å². The molecule has 2 heteroatoms. The van der Waals surface area contributed by atoms with Crippen LogP contribution in [0, 0.1) is 17.3 Å². The molecular formula is C16H32N2. The van der Waals surface area contributed by atoms with Crippen molar-refractivity contribution in [2.24, 2.45) is 23.0 Å². The number of nitrogens with two attached hydrogens (primary N) is 1. The van der Waals surface area contributed by atoms with Crippen LogP contribution in [0.15, 0.2) is 0 Å². The molecule has 0 spiro atoms. The van der Waals surface area contributed by atoms with Crippen LogP contribution in [-0.4, -0.2) is 30.1 Å². The Morgan fingerprint density at radius 1 is 1.06 bits per heavy atom. The molecule has 0 aromatic heterocycles. The van der Waals surface area contributed by atoms with E-state index in [4.69, 9.17) is 5.73 Å². The molecule has 106 valence electrons. The van der Waals surface area contributed by atoms with Gasteiger partial charge in [0.25, 0.3) is 0 Å². The topological polar surface area (TPSA) is 29.3 Å². The van der Waals surface area contributed by atoms with E-state index in [1.165, 1.54) is 45.2 Å². The molecule has 2 rings (SSSR count). The molecule has 2 atom stereocenters. The van der Waals surface area contributed by atoms with Gasteiger partial charge in [0.05, 0.1) is 0 Å². The summed E-state index contributed by atoms with van der Waals surface area (Å²) in [7, 11) is 0. The zero-order valence-electron chi connectivity index (χ0n) is 12.8. The van der Waals surface area contributed by atoms with E-state index in [0.717, 1.165) is 18.4 Å². The average Bonchev–Trinajstić information content (AvgIpc) is 2.34. The molecule has 1 aliphatic carbocycles. The van der Waals surface area contributed by atoms with E-state index in [1.54, 1.807) is 0 Å². The van der Waals surface area contributed by atoms with Gasteiger partial charge in [-0.3, -0.25) is 4.90 Å². The summed E-state index contributed by atoms with van der Waals surface area (Å²) in [6.45, 7) is 13.0. The molecule has 1 saturated carbocycles. The summed E-state index contributed by atoms with van der Waals surface area (Å²) in [6, 6.07) is 0. The lowest BCUT2D eigenvalue weighted by molar-refractivity contribution is -0.0142. The summed E-state index contributed by atoms with van der Waals surface area (Å²) >= 11 is 0. The van der Waals surface area contributed by atoms with Crippen molar-refractivity contribution in [2.75, 3.05) is 19.6 Å². The second kappa shape index (κ2) is 5.13. The second-order valence-electron chi connectivity index (χ2n) is 7.78. The van der Waals surface area contributed by atoms with Crippen LogP contribution in [0.5, 0.6) is 0 Å². The third-order valence-electron chi connectivity index (χ3n) is 5.92. The van der Waals surface area contributed by atoms with Crippen LogP contribution in [0.4, 0.5) is 0 Å². The first kappa shape index (κ1) is 14.3. The monoisotopic (exact) mass is 252 g/mol. The number of likely N-dealkylation sites (tertiary alicyclic amines) is 1. The fourth-order valence-electron chi connectivity index (χ4n) is 3.74. The highest BCUT2D eigenvalue weighted by molar-refractivity contribution is 4.99. The van der Waals surface area contributed by atoms with Crippen molar-refractivity contribution < 1.29 is 0 Å². The first-order valence-electron chi connectivity index (χ1n) is 7.84. The number of nitrogens with zero attached hydrogens (tertiary/aromatic N) is 1. The molecule has 2 unspecified atom stereocenters. The average molecular weight is 252 g/mol. The zero-order valence-corrected chi connectivity index (χ0v) is 12.8. The van der Waals surface area contributed by atoms with E-state index in [1.807, 2.05) is 0 Å². The van der Waals surface area contributed by atoms with Crippen LogP contribution in [0.1, 0.15) is 59.8 Å². The van der Waals surface area contributed by atoms with Gasteiger partial charge >= 0.3 is 0 Å². The van der Waals surface area contributed by atoms with E-state index < -0.39 is 0 Å². The maximum Gasteiger partial charge on any atom is 0.0332 e. The van der Waals surface area contributed by atoms with Gasteiger partial charge in [0.1, 0.15) is 0 Å². The van der Waals surface area contributed by atoms with Gasteiger partial charge in [0.2, 0.25) is 0 Å². The lowest BCUT2D eigenvalue weighted by atomic mass is 9.68. The molecule has 2 fully saturated rings. The molecule has 0 radical (unpaired) electrons. The van der Waals surface area contributed by atoms with Crippen molar-refractivity contribution in [3.05, 3.63) is 0 Å². The Labute approximate surface area is 113 Å². The number of rotatable bonds is 2. The molecule has 2 aliphatic rings. The van der Waals surface area contributed by atoms with E-state index in [-0.39, 0.29) is 0 Å². The lowest BCUT2D eigenvalue weighted by Crippen LogP contribution is -2.59. The Morgan fingerprint density at radius 2 is 1.67 bits per heavy atom. The zero-order chi connectivity index (χ0) is 13.4. The highest BCUT2D eigenvalue weighted by atomic mass is 15.2. The Morgan fingerprint density at radius 3 is 2.17 bits per heavy atom. The van der Waals surface area contributed by atoms with E-state index >= 15 is 0 Å². The molecule has 0 aromatic carbocycles. The molecule has 2 nitrogen and oxygen atoms in total. The van der Waals surface area contributed by atoms with Crippen LogP contribution < -0.4 is 5.73 Å². The summed E-state index contributed by atoms with van der Waals surface area (Å²) < 4.78 is 0. The summed E-state index contributed by atoms with van der Waals surface area (Å²) in [5.74, 6) is 1.72. The minimum Gasteiger partial charge on any atom is -0.329 e. The van der Waals surface area contributed by atoms with Gasteiger partial charge in [-0.25, -0.2) is 0 Å². The highest BCUT2D eigenvalue weighted by Crippen LogP contribution is 2.44. The van der Waals surface area contributed by atoms with Crippen LogP contribution >= 0.6 is 0 Å². The fraction of sp³-hybridized carbons (Fsp3) is 1.00. The van der Waals surface area contributed by atoms with Crippen molar-refractivity contribution in [2.45, 2.75) is 65.3 Å². The third kappa shape index (κ3) is 2.75. The van der Waals surface area contributed by atoms with Crippen molar-refractivity contribution in [1.29, 1.82) is 0 Å². The van der Waals surface area contributed by atoms with E-state index in [2.05, 4.69) is 32.6 Å². The summed E-state index contributed by atoms with van der Waals surface area (Å²) in [4.78, 5) is 2.74. The SMILES string of the molecule is CC1CCN(C2(CN)CCC(C)(C)CC2)CC1C. The fourth-order valence-corrected chi connectivity index (χ4v) is 3.74. The lowest BCUT2D eigenvalue weighted by Gasteiger charge is -2.52. The molecular weight excluding hydrogens is 220 g/mol.